The van der Waals surface area contributed by atoms with Gasteiger partial charge >= 0.3 is 0 Å². The first-order chi connectivity index (χ1) is 17.1. The van der Waals surface area contributed by atoms with E-state index in [4.69, 9.17) is 19.9 Å². The number of aromatic nitrogens is 2. The third-order valence-corrected chi connectivity index (χ3v) is 6.23. The van der Waals surface area contributed by atoms with Crippen molar-refractivity contribution in [3.05, 3.63) is 40.6 Å². The summed E-state index contributed by atoms with van der Waals surface area (Å²) in [6.45, 7) is 3.38. The summed E-state index contributed by atoms with van der Waals surface area (Å²) < 4.78 is 15.5. The van der Waals surface area contributed by atoms with E-state index >= 15 is 0 Å². The van der Waals surface area contributed by atoms with Gasteiger partial charge in [-0.05, 0) is 48.1 Å². The zero-order valence-corrected chi connectivity index (χ0v) is 22.6. The monoisotopic (exact) mass is 540 g/mol. The number of thioether (sulfide) groups is 1. The molecule has 0 aliphatic heterocycles. The molecule has 1 aromatic heterocycles. The van der Waals surface area contributed by atoms with Crippen LogP contribution in [0.2, 0.25) is 0 Å². The van der Waals surface area contributed by atoms with Crippen LogP contribution in [0.15, 0.2) is 18.2 Å². The topological polar surface area (TPSA) is 189 Å². The van der Waals surface area contributed by atoms with Crippen LogP contribution in [-0.2, 0) is 38.5 Å². The van der Waals surface area contributed by atoms with E-state index in [0.717, 1.165) is 48.1 Å². The van der Waals surface area contributed by atoms with Gasteiger partial charge in [-0.15, -0.1) is 0 Å². The maximum atomic E-state index is 10.7. The van der Waals surface area contributed by atoms with Crippen LogP contribution in [0.5, 0.6) is 5.75 Å². The number of nitrogen functional groups attached to an aromatic ring is 1. The highest BCUT2D eigenvalue weighted by Crippen LogP contribution is 2.29. The van der Waals surface area contributed by atoms with E-state index in [1.165, 1.54) is 0 Å². The Morgan fingerprint density at radius 3 is 2.54 bits per heavy atom. The summed E-state index contributed by atoms with van der Waals surface area (Å²) in [5.41, 5.74) is 9.39. The Hall–Kier alpha value is -3.09. The summed E-state index contributed by atoms with van der Waals surface area (Å²) >= 11 is 1.81. The number of carbonyl (C=O) groups is 2. The largest absolute Gasteiger partial charge is 0.496 e. The number of nitrogens with two attached hydrogens (primary N) is 1. The Morgan fingerprint density at radius 2 is 1.89 bits per heavy atom. The molecule has 0 radical (unpaired) electrons. The van der Waals surface area contributed by atoms with Gasteiger partial charge < -0.3 is 36.2 Å². The van der Waals surface area contributed by atoms with Crippen LogP contribution in [0.3, 0.4) is 0 Å². The molecule has 2 rings (SSSR count). The molecule has 0 aliphatic carbocycles. The first kappa shape index (κ1) is 33.9. The predicted molar refractivity (Wildman–Crippen MR) is 146 cm³/mol. The molecule has 0 saturated carbocycles. The number of hydrogen-bond donors (Lipinski definition) is 2. The van der Waals surface area contributed by atoms with Gasteiger partial charge in [-0.1, -0.05) is 25.8 Å². The van der Waals surface area contributed by atoms with Crippen LogP contribution in [0.1, 0.15) is 55.0 Å². The molecule has 37 heavy (non-hydrogen) atoms. The number of nitrogens with one attached hydrogen (secondary N) is 1. The highest BCUT2D eigenvalue weighted by Gasteiger charge is 2.19. The Bertz CT molecular complexity index is 941. The maximum Gasteiger partial charge on any atom is 0.293 e. The van der Waals surface area contributed by atoms with E-state index in [2.05, 4.69) is 28.5 Å². The van der Waals surface area contributed by atoms with Gasteiger partial charge in [0.15, 0.2) is 0 Å². The van der Waals surface area contributed by atoms with Crippen molar-refractivity contribution in [2.45, 2.75) is 58.1 Å². The van der Waals surface area contributed by atoms with Crippen LogP contribution in [-0.4, -0.2) is 65.6 Å². The predicted octanol–water partition coefficient (Wildman–Crippen LogP) is 2.12. The number of hydrogen-bond acceptors (Lipinski definition) is 10. The van der Waals surface area contributed by atoms with Crippen molar-refractivity contribution in [3.8, 4) is 5.75 Å². The first-order valence-corrected chi connectivity index (χ1v) is 13.1. The molecule has 1 atom stereocenters. The van der Waals surface area contributed by atoms with Crippen molar-refractivity contribution in [2.24, 2.45) is 0 Å². The molecule has 1 aromatic carbocycles. The van der Waals surface area contributed by atoms with Gasteiger partial charge in [0.2, 0.25) is 5.95 Å². The number of rotatable bonds is 18. The zero-order valence-electron chi connectivity index (χ0n) is 21.7. The van der Waals surface area contributed by atoms with E-state index in [1.807, 2.05) is 30.0 Å². The number of anilines is 2. The summed E-state index contributed by atoms with van der Waals surface area (Å²) in [5.74, 6) is 2.57. The van der Waals surface area contributed by atoms with Crippen molar-refractivity contribution >= 4 is 36.5 Å². The minimum absolute atomic E-state index is 0. The number of methoxy groups -OCH3 is 1. The third-order valence-electron chi connectivity index (χ3n) is 5.58. The molecule has 2 aromatic rings. The van der Waals surface area contributed by atoms with E-state index in [9.17, 15) is 9.59 Å². The Kier molecular flexibility index (Phi) is 17.5. The summed E-state index contributed by atoms with van der Waals surface area (Å²) in [5, 5.41) is 3.63. The molecule has 0 aliphatic rings. The first-order valence-electron chi connectivity index (χ1n) is 11.7. The Balaban J connectivity index is 0.00000648. The standard InChI is InChI=1S/C25H36N4O5S.2H2O/c1-4-5-6-20(10-12-35-3)27-24-21(22(9-11-33-16-30)28-25(26)29-24)14-19-13-18(15-34-17-31)7-8-23(19)32-2;;/h7-8,13,16-17,20H,4-6,9-12,14-15H2,1-3H3,(H3,26,27,28,29);2*1H2/t20-;;/m0../s1. The Morgan fingerprint density at radius 1 is 1.14 bits per heavy atom. The lowest BCUT2D eigenvalue weighted by molar-refractivity contribution is -0.130. The normalized spacial score (nSPS) is 10.9. The molecule has 12 heteroatoms. The summed E-state index contributed by atoms with van der Waals surface area (Å²) in [4.78, 5) is 30.4. The van der Waals surface area contributed by atoms with Crippen molar-refractivity contribution in [1.82, 2.24) is 9.97 Å². The van der Waals surface area contributed by atoms with Crippen LogP contribution in [0, 0.1) is 0 Å². The van der Waals surface area contributed by atoms with E-state index in [0.29, 0.717) is 43.0 Å². The summed E-state index contributed by atoms with van der Waals surface area (Å²) in [7, 11) is 1.61. The molecule has 0 fully saturated rings. The van der Waals surface area contributed by atoms with Gasteiger partial charge in [0.1, 0.15) is 18.2 Å². The molecular weight excluding hydrogens is 500 g/mol. The summed E-state index contributed by atoms with van der Waals surface area (Å²) in [6, 6.07) is 5.88. The second-order valence-corrected chi connectivity index (χ2v) is 9.05. The lowest BCUT2D eigenvalue weighted by Gasteiger charge is -2.23. The van der Waals surface area contributed by atoms with Crippen LogP contribution in [0.25, 0.3) is 0 Å². The number of benzene rings is 1. The molecule has 0 spiro atoms. The lowest BCUT2D eigenvalue weighted by Crippen LogP contribution is -2.23. The number of ether oxygens (including phenoxy) is 3. The van der Waals surface area contributed by atoms with Gasteiger partial charge in [-0.3, -0.25) is 9.59 Å². The van der Waals surface area contributed by atoms with Gasteiger partial charge in [-0.25, -0.2) is 4.98 Å². The molecule has 1 heterocycles. The number of nitrogens with zero attached hydrogens (tertiary/aromatic N) is 2. The van der Waals surface area contributed by atoms with E-state index < -0.39 is 0 Å². The third kappa shape index (κ3) is 11.2. The SMILES string of the molecule is CCCC[C@@H](CCSC)Nc1nc(N)nc(CCOC=O)c1Cc1cc(COC=O)ccc1OC.O.O. The highest BCUT2D eigenvalue weighted by atomic mass is 32.2. The van der Waals surface area contributed by atoms with Crippen molar-refractivity contribution in [1.29, 1.82) is 0 Å². The number of carbonyl (C=O) groups excluding carboxylic acids is 2. The molecule has 0 bridgehead atoms. The number of unbranched alkanes of at least 4 members (excludes halogenated alkanes) is 1. The van der Waals surface area contributed by atoms with Gasteiger partial charge in [0.05, 0.1) is 19.4 Å². The highest BCUT2D eigenvalue weighted by molar-refractivity contribution is 7.98. The molecule has 0 unspecified atom stereocenters. The molecule has 11 nitrogen and oxygen atoms in total. The van der Waals surface area contributed by atoms with E-state index in [-0.39, 0.29) is 36.2 Å². The molecular formula is C25H40N4O7S. The van der Waals surface area contributed by atoms with Gasteiger partial charge in [-0.2, -0.15) is 16.7 Å². The van der Waals surface area contributed by atoms with Crippen LogP contribution >= 0.6 is 11.8 Å². The molecule has 7 N–H and O–H groups in total. The lowest BCUT2D eigenvalue weighted by atomic mass is 9.99. The fourth-order valence-electron chi connectivity index (χ4n) is 3.84. The van der Waals surface area contributed by atoms with Crippen molar-refractivity contribution in [2.75, 3.05) is 36.8 Å². The minimum atomic E-state index is 0. The van der Waals surface area contributed by atoms with Crippen LogP contribution < -0.4 is 15.8 Å². The fourth-order valence-corrected chi connectivity index (χ4v) is 4.36. The van der Waals surface area contributed by atoms with Gasteiger partial charge in [0, 0.05) is 24.4 Å². The van der Waals surface area contributed by atoms with Crippen molar-refractivity contribution in [3.63, 3.8) is 0 Å². The second-order valence-electron chi connectivity index (χ2n) is 8.07. The minimum Gasteiger partial charge on any atom is -0.496 e. The summed E-state index contributed by atoms with van der Waals surface area (Å²) in [6.07, 6.45) is 7.19. The van der Waals surface area contributed by atoms with E-state index in [1.54, 1.807) is 7.11 Å². The average Bonchev–Trinajstić information content (AvgIpc) is 2.86. The van der Waals surface area contributed by atoms with Crippen molar-refractivity contribution < 1.29 is 34.8 Å². The quantitative estimate of drug-likeness (QED) is 0.209. The Labute approximate surface area is 222 Å². The zero-order chi connectivity index (χ0) is 25.5. The fraction of sp³-hybridized carbons (Fsp3) is 0.520. The van der Waals surface area contributed by atoms with Gasteiger partial charge in [0.25, 0.3) is 12.9 Å². The molecule has 208 valence electrons. The maximum absolute atomic E-state index is 10.7. The van der Waals surface area contributed by atoms with Crippen LogP contribution in [0.4, 0.5) is 11.8 Å². The smallest absolute Gasteiger partial charge is 0.293 e. The molecule has 0 amide bonds. The average molecular weight is 541 g/mol. The molecule has 0 saturated heterocycles. The second kappa shape index (κ2) is 19.1.